The molecule has 47 heavy (non-hydrogen) atoms. The summed E-state index contributed by atoms with van der Waals surface area (Å²) in [5.41, 5.74) is 10.4. The van der Waals surface area contributed by atoms with Crippen LogP contribution in [0.3, 0.4) is 0 Å². The number of rotatable bonds is 6. The number of benzene rings is 7. The van der Waals surface area contributed by atoms with Gasteiger partial charge in [0.1, 0.15) is 5.52 Å². The molecule has 9 aromatic rings. The first-order valence-corrected chi connectivity index (χ1v) is 16.5. The largest absolute Gasteiger partial charge is 0.435 e. The molecule has 0 aliphatic carbocycles. The zero-order chi connectivity index (χ0) is 31.2. The van der Waals surface area contributed by atoms with E-state index in [0.717, 1.165) is 44.9 Å². The first kappa shape index (κ1) is 27.3. The monoisotopic (exact) mass is 620 g/mol. The number of anilines is 3. The second-order valence-electron chi connectivity index (χ2n) is 11.6. The number of hydrogen-bond acceptors (Lipinski definition) is 4. The highest BCUT2D eigenvalue weighted by Gasteiger charge is 2.17. The Kier molecular flexibility index (Phi) is 6.65. The van der Waals surface area contributed by atoms with Gasteiger partial charge in [-0.1, -0.05) is 103 Å². The summed E-state index contributed by atoms with van der Waals surface area (Å²) in [4.78, 5) is 7.15. The Morgan fingerprint density at radius 3 is 1.94 bits per heavy atom. The van der Waals surface area contributed by atoms with Crippen LogP contribution in [-0.2, 0) is 0 Å². The van der Waals surface area contributed by atoms with E-state index in [1.165, 1.54) is 31.3 Å². The van der Waals surface area contributed by atoms with Crippen molar-refractivity contribution in [2.24, 2.45) is 0 Å². The van der Waals surface area contributed by atoms with E-state index in [9.17, 15) is 0 Å². The summed E-state index contributed by atoms with van der Waals surface area (Å²) in [5.74, 6) is 0.630. The topological polar surface area (TPSA) is 29.3 Å². The van der Waals surface area contributed by atoms with Crippen LogP contribution in [-0.4, -0.2) is 4.98 Å². The second kappa shape index (κ2) is 11.4. The van der Waals surface area contributed by atoms with E-state index >= 15 is 0 Å². The van der Waals surface area contributed by atoms with Gasteiger partial charge in [0.15, 0.2) is 5.58 Å². The summed E-state index contributed by atoms with van der Waals surface area (Å²) in [5, 5.41) is 2.56. The van der Waals surface area contributed by atoms with Crippen LogP contribution in [0.4, 0.5) is 17.1 Å². The van der Waals surface area contributed by atoms with Crippen molar-refractivity contribution in [1.29, 1.82) is 0 Å². The fourth-order valence-corrected chi connectivity index (χ4v) is 7.51. The lowest BCUT2D eigenvalue weighted by Crippen LogP contribution is -2.10. The third kappa shape index (κ3) is 4.96. The number of oxazole rings is 1. The van der Waals surface area contributed by atoms with E-state index in [1.54, 1.807) is 0 Å². The van der Waals surface area contributed by atoms with Crippen molar-refractivity contribution in [2.75, 3.05) is 4.90 Å². The van der Waals surface area contributed by atoms with Crippen LogP contribution in [0, 0.1) is 0 Å². The van der Waals surface area contributed by atoms with E-state index < -0.39 is 0 Å². The maximum Gasteiger partial charge on any atom is 0.227 e. The van der Waals surface area contributed by atoms with Crippen molar-refractivity contribution < 1.29 is 4.42 Å². The quantitative estimate of drug-likeness (QED) is 0.185. The summed E-state index contributed by atoms with van der Waals surface area (Å²) in [6, 6.07) is 59.8. The summed E-state index contributed by atoms with van der Waals surface area (Å²) in [6.45, 7) is 0. The summed E-state index contributed by atoms with van der Waals surface area (Å²) < 4.78 is 8.95. The molecule has 0 atom stereocenters. The maximum atomic E-state index is 6.36. The molecule has 0 saturated heterocycles. The highest BCUT2D eigenvalue weighted by atomic mass is 32.1. The smallest absolute Gasteiger partial charge is 0.227 e. The lowest BCUT2D eigenvalue weighted by Gasteiger charge is -2.26. The number of hydrogen-bond donors (Lipinski definition) is 0. The molecule has 0 aliphatic heterocycles. The Bertz CT molecular complexity index is 2510. The molecule has 0 saturated carbocycles. The van der Waals surface area contributed by atoms with E-state index in [2.05, 4.69) is 132 Å². The Balaban J connectivity index is 1.17. The predicted octanol–water partition coefficient (Wildman–Crippen LogP) is 12.7. The highest BCUT2D eigenvalue weighted by molar-refractivity contribution is 7.25. The molecule has 0 bridgehead atoms. The first-order valence-electron chi connectivity index (χ1n) is 15.7. The molecular weight excluding hydrogens is 593 g/mol. The zero-order valence-electron chi connectivity index (χ0n) is 25.4. The lowest BCUT2D eigenvalue weighted by molar-refractivity contribution is 0.621. The lowest BCUT2D eigenvalue weighted by atomic mass is 10.0. The molecule has 0 N–H and O–H groups in total. The standard InChI is InChI=1S/C43H28N2OS/c1-3-11-29(12-4-1)32-15-9-16-34(27-32)45(35-25-26-41-38(28-35)37-17-7-8-20-40(37)47-41)33-23-21-30(22-24-33)36-18-10-19-39-42(36)46-43(44-39)31-13-5-2-6-14-31/h1-28H. The predicted molar refractivity (Wildman–Crippen MR) is 198 cm³/mol. The maximum absolute atomic E-state index is 6.36. The normalized spacial score (nSPS) is 11.4. The van der Waals surface area contributed by atoms with E-state index in [-0.39, 0.29) is 0 Å². The summed E-state index contributed by atoms with van der Waals surface area (Å²) in [6.07, 6.45) is 0. The average molecular weight is 621 g/mol. The molecule has 0 aliphatic rings. The molecule has 4 heteroatoms. The molecule has 9 rings (SSSR count). The van der Waals surface area contributed by atoms with Gasteiger partial charge >= 0.3 is 0 Å². The van der Waals surface area contributed by atoms with E-state index in [1.807, 2.05) is 53.8 Å². The molecule has 0 fully saturated rings. The Morgan fingerprint density at radius 1 is 0.447 bits per heavy atom. The minimum Gasteiger partial charge on any atom is -0.435 e. The van der Waals surface area contributed by atoms with E-state index in [0.29, 0.717) is 5.89 Å². The zero-order valence-corrected chi connectivity index (χ0v) is 26.2. The van der Waals surface area contributed by atoms with Crippen LogP contribution in [0.25, 0.3) is 65.0 Å². The number of fused-ring (bicyclic) bond motifs is 4. The van der Waals surface area contributed by atoms with Gasteiger partial charge in [-0.05, 0) is 83.4 Å². The Hall–Kier alpha value is -5.97. The fraction of sp³-hybridized carbons (Fsp3) is 0. The average Bonchev–Trinajstić information content (AvgIpc) is 3.75. The Labute approximate surface area is 276 Å². The minimum absolute atomic E-state index is 0.630. The summed E-state index contributed by atoms with van der Waals surface area (Å²) >= 11 is 1.84. The highest BCUT2D eigenvalue weighted by Crippen LogP contribution is 2.42. The molecule has 3 nitrogen and oxygen atoms in total. The first-order chi connectivity index (χ1) is 23.3. The third-order valence-corrected chi connectivity index (χ3v) is 9.85. The van der Waals surface area contributed by atoms with Gasteiger partial charge in [0.05, 0.1) is 0 Å². The van der Waals surface area contributed by atoms with Gasteiger partial charge in [-0.2, -0.15) is 0 Å². The van der Waals surface area contributed by atoms with Crippen LogP contribution in [0.2, 0.25) is 0 Å². The van der Waals surface area contributed by atoms with Crippen LogP contribution in [0.5, 0.6) is 0 Å². The third-order valence-electron chi connectivity index (χ3n) is 8.70. The van der Waals surface area contributed by atoms with Gasteiger partial charge in [0.2, 0.25) is 5.89 Å². The summed E-state index contributed by atoms with van der Waals surface area (Å²) in [7, 11) is 0. The molecule has 2 heterocycles. The van der Waals surface area contributed by atoms with Crippen LogP contribution >= 0.6 is 11.3 Å². The Morgan fingerprint density at radius 2 is 1.11 bits per heavy atom. The van der Waals surface area contributed by atoms with Crippen molar-refractivity contribution in [3.05, 3.63) is 170 Å². The minimum atomic E-state index is 0.630. The molecule has 0 unspecified atom stereocenters. The van der Waals surface area contributed by atoms with Crippen LogP contribution in [0.15, 0.2) is 174 Å². The van der Waals surface area contributed by atoms with Gasteiger partial charge in [-0.25, -0.2) is 4.98 Å². The number of thiophene rings is 1. The molecule has 0 radical (unpaired) electrons. The molecule has 2 aromatic heterocycles. The van der Waals surface area contributed by atoms with Crippen molar-refractivity contribution >= 4 is 59.7 Å². The van der Waals surface area contributed by atoms with Crippen molar-refractivity contribution in [3.63, 3.8) is 0 Å². The molecule has 0 amide bonds. The van der Waals surface area contributed by atoms with Crippen molar-refractivity contribution in [2.45, 2.75) is 0 Å². The molecule has 222 valence electrons. The van der Waals surface area contributed by atoms with Crippen LogP contribution < -0.4 is 4.90 Å². The van der Waals surface area contributed by atoms with E-state index in [4.69, 9.17) is 9.40 Å². The molecule has 0 spiro atoms. The van der Waals surface area contributed by atoms with Crippen molar-refractivity contribution in [1.82, 2.24) is 4.98 Å². The van der Waals surface area contributed by atoms with Crippen LogP contribution in [0.1, 0.15) is 0 Å². The van der Waals surface area contributed by atoms with Crippen molar-refractivity contribution in [3.8, 4) is 33.7 Å². The van der Waals surface area contributed by atoms with Gasteiger partial charge < -0.3 is 9.32 Å². The van der Waals surface area contributed by atoms with Gasteiger partial charge in [0, 0.05) is 48.4 Å². The molecular formula is C43H28N2OS. The number of para-hydroxylation sites is 1. The number of nitrogens with zero attached hydrogens (tertiary/aromatic N) is 2. The second-order valence-corrected chi connectivity index (χ2v) is 12.7. The number of aromatic nitrogens is 1. The van der Waals surface area contributed by atoms with Gasteiger partial charge in [-0.15, -0.1) is 11.3 Å². The fourth-order valence-electron chi connectivity index (χ4n) is 6.43. The van der Waals surface area contributed by atoms with Gasteiger partial charge in [0.25, 0.3) is 0 Å². The molecule has 7 aromatic carbocycles. The van der Waals surface area contributed by atoms with Gasteiger partial charge in [-0.3, -0.25) is 0 Å². The SMILES string of the molecule is c1ccc(-c2cccc(N(c3ccc(-c4cccc5nc(-c6ccccc6)oc45)cc3)c3ccc4sc5ccccc5c4c3)c2)cc1.